The number of carbonyl (C=O) groups is 1. The summed E-state index contributed by atoms with van der Waals surface area (Å²) in [7, 11) is 0. The molecule has 0 aromatic heterocycles. The maximum atomic E-state index is 13.8. The van der Waals surface area contributed by atoms with Crippen LogP contribution >= 0.6 is 11.6 Å². The highest BCUT2D eigenvalue weighted by Crippen LogP contribution is 2.38. The number of anilines is 1. The van der Waals surface area contributed by atoms with Gasteiger partial charge in [-0.05, 0) is 61.2 Å². The Bertz CT molecular complexity index is 932. The lowest BCUT2D eigenvalue weighted by Gasteiger charge is -2.40. The molecule has 6 heteroatoms. The molecule has 2 saturated heterocycles. The Balaban J connectivity index is 1.53. The minimum Gasteiger partial charge on any atom is -0.381 e. The quantitative estimate of drug-likeness (QED) is 0.748. The number of benzene rings is 2. The highest BCUT2D eigenvalue weighted by molar-refractivity contribution is 6.30. The number of nitriles is 1. The van der Waals surface area contributed by atoms with Crippen LogP contribution in [0.15, 0.2) is 48.5 Å². The van der Waals surface area contributed by atoms with Crippen LogP contribution in [0, 0.1) is 11.3 Å². The fourth-order valence-electron chi connectivity index (χ4n) is 4.56. The molecule has 156 valence electrons. The van der Waals surface area contributed by atoms with E-state index in [9.17, 15) is 4.79 Å². The Morgan fingerprint density at radius 1 is 1.03 bits per heavy atom. The topological polar surface area (TPSA) is 56.6 Å². The average Bonchev–Trinajstić information content (AvgIpc) is 3.05. The van der Waals surface area contributed by atoms with Crippen LogP contribution < -0.4 is 4.90 Å². The van der Waals surface area contributed by atoms with Gasteiger partial charge in [-0.3, -0.25) is 4.79 Å². The van der Waals surface area contributed by atoms with Gasteiger partial charge in [0.2, 0.25) is 5.91 Å². The SMILES string of the molecule is N#Cc1ccc(N2CCCN(C(=O)C3(c4cccc(Cl)c4)CCOCC3)CC2)cc1. The van der Waals surface area contributed by atoms with Gasteiger partial charge in [-0.1, -0.05) is 23.7 Å². The summed E-state index contributed by atoms with van der Waals surface area (Å²) in [5, 5.41) is 9.67. The molecule has 2 fully saturated rings. The Morgan fingerprint density at radius 3 is 2.50 bits per heavy atom. The van der Waals surface area contributed by atoms with E-state index >= 15 is 0 Å². The summed E-state index contributed by atoms with van der Waals surface area (Å²) in [5.74, 6) is 0.190. The number of amides is 1. The molecule has 0 saturated carbocycles. The van der Waals surface area contributed by atoms with Crippen molar-refractivity contribution in [2.45, 2.75) is 24.7 Å². The van der Waals surface area contributed by atoms with Crippen LogP contribution in [0.1, 0.15) is 30.4 Å². The molecule has 2 aromatic carbocycles. The minimum absolute atomic E-state index is 0.190. The van der Waals surface area contributed by atoms with Gasteiger partial charge in [-0.15, -0.1) is 0 Å². The van der Waals surface area contributed by atoms with E-state index in [0.717, 1.165) is 37.3 Å². The molecule has 2 aromatic rings. The van der Waals surface area contributed by atoms with Crippen LogP contribution in [0.4, 0.5) is 5.69 Å². The van der Waals surface area contributed by atoms with Crippen molar-refractivity contribution >= 4 is 23.2 Å². The lowest BCUT2D eigenvalue weighted by Crippen LogP contribution is -2.50. The molecule has 2 heterocycles. The lowest BCUT2D eigenvalue weighted by molar-refractivity contribution is -0.141. The monoisotopic (exact) mass is 423 g/mol. The van der Waals surface area contributed by atoms with Gasteiger partial charge in [0.1, 0.15) is 0 Å². The summed E-state index contributed by atoms with van der Waals surface area (Å²) in [5.41, 5.74) is 2.19. The molecular formula is C24H26ClN3O2. The number of hydrogen-bond acceptors (Lipinski definition) is 4. The molecule has 30 heavy (non-hydrogen) atoms. The van der Waals surface area contributed by atoms with Crippen molar-refractivity contribution in [2.24, 2.45) is 0 Å². The molecule has 0 radical (unpaired) electrons. The zero-order valence-corrected chi connectivity index (χ0v) is 17.8. The summed E-state index contributed by atoms with van der Waals surface area (Å²) in [6, 6.07) is 17.6. The number of nitrogens with zero attached hydrogens (tertiary/aromatic N) is 3. The van der Waals surface area contributed by atoms with Crippen molar-refractivity contribution in [1.29, 1.82) is 5.26 Å². The van der Waals surface area contributed by atoms with E-state index in [2.05, 4.69) is 11.0 Å². The first-order valence-electron chi connectivity index (χ1n) is 10.5. The summed E-state index contributed by atoms with van der Waals surface area (Å²) in [4.78, 5) is 18.2. The molecule has 4 rings (SSSR count). The van der Waals surface area contributed by atoms with Gasteiger partial charge in [0, 0.05) is 50.1 Å². The van der Waals surface area contributed by atoms with E-state index < -0.39 is 5.41 Å². The average molecular weight is 424 g/mol. The lowest BCUT2D eigenvalue weighted by atomic mass is 9.73. The van der Waals surface area contributed by atoms with Gasteiger partial charge < -0.3 is 14.5 Å². The molecule has 0 N–H and O–H groups in total. The maximum absolute atomic E-state index is 13.8. The number of rotatable bonds is 3. The molecule has 2 aliphatic rings. The van der Waals surface area contributed by atoms with Crippen molar-refractivity contribution in [2.75, 3.05) is 44.3 Å². The van der Waals surface area contributed by atoms with Gasteiger partial charge in [0.05, 0.1) is 17.0 Å². The van der Waals surface area contributed by atoms with Crippen LogP contribution in [0.2, 0.25) is 5.02 Å². The van der Waals surface area contributed by atoms with E-state index in [-0.39, 0.29) is 5.91 Å². The smallest absolute Gasteiger partial charge is 0.233 e. The van der Waals surface area contributed by atoms with Crippen LogP contribution in [-0.4, -0.2) is 50.2 Å². The fourth-order valence-corrected chi connectivity index (χ4v) is 4.75. The Labute approximate surface area is 182 Å². The molecule has 0 aliphatic carbocycles. The summed E-state index contributed by atoms with van der Waals surface area (Å²) >= 11 is 6.27. The second-order valence-corrected chi connectivity index (χ2v) is 8.43. The molecule has 0 atom stereocenters. The third-order valence-electron chi connectivity index (χ3n) is 6.28. The second kappa shape index (κ2) is 9.07. The van der Waals surface area contributed by atoms with Crippen LogP contribution in [0.5, 0.6) is 0 Å². The van der Waals surface area contributed by atoms with Crippen LogP contribution in [-0.2, 0) is 14.9 Å². The van der Waals surface area contributed by atoms with Crippen molar-refractivity contribution in [3.8, 4) is 6.07 Å². The third-order valence-corrected chi connectivity index (χ3v) is 6.51. The predicted octanol–water partition coefficient (Wildman–Crippen LogP) is 4.00. The van der Waals surface area contributed by atoms with Crippen molar-refractivity contribution < 1.29 is 9.53 Å². The minimum atomic E-state index is -0.563. The molecule has 0 unspecified atom stereocenters. The third kappa shape index (κ3) is 4.16. The standard InChI is InChI=1S/C24H26ClN3O2/c25-21-4-1-3-20(17-21)24(9-15-30-16-10-24)23(29)28-12-2-11-27(13-14-28)22-7-5-19(18-26)6-8-22/h1,3-8,17H,2,9-16H2. The Hall–Kier alpha value is -2.55. The Morgan fingerprint density at radius 2 is 1.80 bits per heavy atom. The molecule has 0 spiro atoms. The van der Waals surface area contributed by atoms with Gasteiger partial charge in [-0.25, -0.2) is 0 Å². The molecule has 5 nitrogen and oxygen atoms in total. The number of hydrogen-bond donors (Lipinski definition) is 0. The highest BCUT2D eigenvalue weighted by atomic mass is 35.5. The first kappa shape index (κ1) is 20.7. The van der Waals surface area contributed by atoms with E-state index in [0.29, 0.717) is 43.2 Å². The largest absolute Gasteiger partial charge is 0.381 e. The Kier molecular flexibility index (Phi) is 6.26. The zero-order valence-electron chi connectivity index (χ0n) is 17.0. The number of halogens is 1. The molecular weight excluding hydrogens is 398 g/mol. The van der Waals surface area contributed by atoms with Crippen molar-refractivity contribution in [3.63, 3.8) is 0 Å². The number of ether oxygens (including phenoxy) is 1. The van der Waals surface area contributed by atoms with Gasteiger partial charge >= 0.3 is 0 Å². The fraction of sp³-hybridized carbons (Fsp3) is 0.417. The normalized spacial score (nSPS) is 19.1. The van der Waals surface area contributed by atoms with E-state index in [1.807, 2.05) is 53.4 Å². The number of carbonyl (C=O) groups excluding carboxylic acids is 1. The summed E-state index contributed by atoms with van der Waals surface area (Å²) < 4.78 is 5.60. The van der Waals surface area contributed by atoms with Crippen molar-refractivity contribution in [3.05, 3.63) is 64.7 Å². The molecule has 0 bridgehead atoms. The van der Waals surface area contributed by atoms with Gasteiger partial charge in [-0.2, -0.15) is 5.26 Å². The maximum Gasteiger partial charge on any atom is 0.233 e. The van der Waals surface area contributed by atoms with Gasteiger partial charge in [0.15, 0.2) is 0 Å². The predicted molar refractivity (Wildman–Crippen MR) is 118 cm³/mol. The van der Waals surface area contributed by atoms with E-state index in [1.54, 1.807) is 0 Å². The molecule has 1 amide bonds. The summed E-state index contributed by atoms with van der Waals surface area (Å²) in [6.45, 7) is 4.27. The summed E-state index contributed by atoms with van der Waals surface area (Å²) in [6.07, 6.45) is 2.28. The second-order valence-electron chi connectivity index (χ2n) is 8.00. The highest BCUT2D eigenvalue weighted by Gasteiger charge is 2.44. The van der Waals surface area contributed by atoms with E-state index in [4.69, 9.17) is 21.6 Å². The van der Waals surface area contributed by atoms with Gasteiger partial charge in [0.25, 0.3) is 0 Å². The first-order chi connectivity index (χ1) is 14.6. The van der Waals surface area contributed by atoms with E-state index in [1.165, 1.54) is 0 Å². The zero-order chi connectivity index (χ0) is 21.0. The van der Waals surface area contributed by atoms with Crippen LogP contribution in [0.3, 0.4) is 0 Å². The first-order valence-corrected chi connectivity index (χ1v) is 10.9. The van der Waals surface area contributed by atoms with Crippen molar-refractivity contribution in [1.82, 2.24) is 4.90 Å². The molecule has 2 aliphatic heterocycles. The van der Waals surface area contributed by atoms with Crippen LogP contribution in [0.25, 0.3) is 0 Å².